The molecule has 0 saturated heterocycles. The van der Waals surface area contributed by atoms with Gasteiger partial charge in [0.25, 0.3) is 0 Å². The van der Waals surface area contributed by atoms with Gasteiger partial charge in [0.1, 0.15) is 0 Å². The maximum absolute atomic E-state index is 4.32. The number of hydrogen-bond donors (Lipinski definition) is 0. The smallest absolute Gasteiger partial charge is 0.0730 e. The van der Waals surface area contributed by atoms with E-state index in [2.05, 4.69) is 64.1 Å². The summed E-state index contributed by atoms with van der Waals surface area (Å²) in [5.41, 5.74) is 2.27. The van der Waals surface area contributed by atoms with Gasteiger partial charge >= 0.3 is 0 Å². The molecule has 16 heavy (non-hydrogen) atoms. The molecule has 0 aliphatic heterocycles. The van der Waals surface area contributed by atoms with Crippen molar-refractivity contribution in [2.24, 2.45) is 0 Å². The summed E-state index contributed by atoms with van der Waals surface area (Å²) in [4.78, 5) is 0. The van der Waals surface area contributed by atoms with Crippen molar-refractivity contribution in [1.82, 2.24) is 9.55 Å². The number of aromatic nitrogens is 2. The molecule has 0 aliphatic rings. The van der Waals surface area contributed by atoms with Crippen LogP contribution in [0.5, 0.6) is 0 Å². The highest BCUT2D eigenvalue weighted by Gasteiger charge is 2.01. The van der Waals surface area contributed by atoms with E-state index in [0.29, 0.717) is 6.37 Å². The summed E-state index contributed by atoms with van der Waals surface area (Å²) >= 11 is 2.33. The monoisotopic (exact) mass is 342 g/mol. The van der Waals surface area contributed by atoms with Gasteiger partial charge in [-0.05, 0) is 46.7 Å². The second-order valence-corrected chi connectivity index (χ2v) is 5.51. The van der Waals surface area contributed by atoms with Crippen LogP contribution >= 0.6 is 28.4 Å². The van der Waals surface area contributed by atoms with Crippen LogP contribution in [-0.2, 0) is 0 Å². The van der Waals surface area contributed by atoms with Crippen molar-refractivity contribution in [2.75, 3.05) is 0 Å². The van der Waals surface area contributed by atoms with Crippen LogP contribution in [0.1, 0.15) is 25.3 Å². The lowest BCUT2D eigenvalue weighted by Gasteiger charge is -1.96. The molecule has 2 nitrogen and oxygen atoms in total. The van der Waals surface area contributed by atoms with Gasteiger partial charge in [-0.3, -0.25) is 0 Å². The van der Waals surface area contributed by atoms with Gasteiger partial charge in [-0.25, -0.2) is 4.45 Å². The zero-order valence-corrected chi connectivity index (χ0v) is 12.2. The first-order valence-electron chi connectivity index (χ1n) is 5.18. The Morgan fingerprint density at radius 3 is 3.12 bits per heavy atom. The number of halogens is 1. The largest absolute Gasteiger partial charge is 0.237 e. The van der Waals surface area contributed by atoms with E-state index in [1.165, 1.54) is 10.9 Å². The van der Waals surface area contributed by atoms with E-state index in [0.717, 1.165) is 18.4 Å². The van der Waals surface area contributed by atoms with Gasteiger partial charge in [0.15, 0.2) is 0 Å². The Morgan fingerprint density at radius 2 is 2.38 bits per heavy atom. The van der Waals surface area contributed by atoms with E-state index in [1.54, 1.807) is 0 Å². The lowest BCUT2D eigenvalue weighted by atomic mass is 10.1. The zero-order chi connectivity index (χ0) is 11.4. The maximum Gasteiger partial charge on any atom is 0.0730 e. The first kappa shape index (κ1) is 11.9. The van der Waals surface area contributed by atoms with E-state index in [1.807, 2.05) is 10.6 Å². The minimum atomic E-state index is 0.646. The van der Waals surface area contributed by atoms with E-state index in [9.17, 15) is 0 Å². The zero-order valence-electron chi connectivity index (χ0n) is 9.00. The predicted molar refractivity (Wildman–Crippen MR) is 79.3 cm³/mol. The molecule has 1 aromatic heterocycles. The molecule has 0 aliphatic carbocycles. The molecule has 1 aromatic carbocycles. The molecule has 0 amide bonds. The molecule has 2 rings (SSSR count). The molecule has 2 aromatic rings. The van der Waals surface area contributed by atoms with Crippen LogP contribution in [0.2, 0.25) is 0 Å². The summed E-state index contributed by atoms with van der Waals surface area (Å²) in [5.74, 6) is 6.34. The average Bonchev–Trinajstić information content (AvgIpc) is 2.71. The molecule has 1 atom stereocenters. The van der Waals surface area contributed by atoms with Gasteiger partial charge in [-0.2, -0.15) is 5.10 Å². The highest BCUT2D eigenvalue weighted by atomic mass is 127. The topological polar surface area (TPSA) is 17.8 Å². The molecule has 0 spiro atoms. The summed E-state index contributed by atoms with van der Waals surface area (Å²) in [5, 5.41) is 5.50. The fourth-order valence-electron chi connectivity index (χ4n) is 1.47. The minimum absolute atomic E-state index is 0.646. The van der Waals surface area contributed by atoms with Crippen LogP contribution in [0.25, 0.3) is 10.9 Å². The van der Waals surface area contributed by atoms with Crippen LogP contribution in [0.15, 0.2) is 24.4 Å². The molecule has 1 unspecified atom stereocenters. The van der Waals surface area contributed by atoms with Crippen molar-refractivity contribution in [1.29, 1.82) is 0 Å². The Labute approximate surface area is 110 Å². The van der Waals surface area contributed by atoms with Crippen molar-refractivity contribution in [3.05, 3.63) is 30.0 Å². The lowest BCUT2D eigenvalue weighted by Crippen LogP contribution is -1.81. The second kappa shape index (κ2) is 5.65. The van der Waals surface area contributed by atoms with Gasteiger partial charge < -0.3 is 0 Å². The Morgan fingerprint density at radius 1 is 1.50 bits per heavy atom. The maximum atomic E-state index is 4.32. The average molecular weight is 342 g/mol. The molecule has 0 N–H and O–H groups in total. The van der Waals surface area contributed by atoms with Crippen LogP contribution in [0.3, 0.4) is 0 Å². The first-order valence-corrected chi connectivity index (χ1v) is 9.24. The van der Waals surface area contributed by atoms with Gasteiger partial charge in [0.2, 0.25) is 0 Å². The summed E-state index contributed by atoms with van der Waals surface area (Å²) in [6, 6.07) is 6.28. The Balaban J connectivity index is 2.35. The SMILES string of the molecule is CCCC#Cc1ccc2c(cnn2PI)c1. The normalized spacial score (nSPS) is 10.9. The summed E-state index contributed by atoms with van der Waals surface area (Å²) in [7, 11) is 0. The van der Waals surface area contributed by atoms with Crippen molar-refractivity contribution >= 4 is 39.3 Å². The molecule has 0 bridgehead atoms. The summed E-state index contributed by atoms with van der Waals surface area (Å²) in [6.45, 7) is 2.14. The first-order chi connectivity index (χ1) is 7.85. The molecule has 0 fully saturated rings. The quantitative estimate of drug-likeness (QED) is 0.459. The highest BCUT2D eigenvalue weighted by molar-refractivity contribution is 14.2. The third kappa shape index (κ3) is 2.56. The number of fused-ring (bicyclic) bond motifs is 1. The molecular formula is C12H12IN2P. The van der Waals surface area contributed by atoms with Gasteiger partial charge in [0.05, 0.1) is 18.1 Å². The van der Waals surface area contributed by atoms with Gasteiger partial charge in [-0.15, -0.1) is 0 Å². The number of hydrogen-bond acceptors (Lipinski definition) is 1. The molecule has 4 heteroatoms. The second-order valence-electron chi connectivity index (χ2n) is 3.47. The molecule has 0 saturated carbocycles. The predicted octanol–water partition coefficient (Wildman–Crippen LogP) is 3.98. The van der Waals surface area contributed by atoms with E-state index >= 15 is 0 Å². The van der Waals surface area contributed by atoms with Crippen LogP contribution in [0.4, 0.5) is 0 Å². The van der Waals surface area contributed by atoms with Crippen LogP contribution < -0.4 is 0 Å². The Bertz CT molecular complexity index is 551. The summed E-state index contributed by atoms with van der Waals surface area (Å²) < 4.78 is 2.01. The fourth-order valence-corrected chi connectivity index (χ4v) is 3.02. The number of benzene rings is 1. The van der Waals surface area contributed by atoms with Crippen molar-refractivity contribution in [3.63, 3.8) is 0 Å². The van der Waals surface area contributed by atoms with E-state index in [-0.39, 0.29) is 0 Å². The Kier molecular flexibility index (Phi) is 4.20. The van der Waals surface area contributed by atoms with Crippen molar-refractivity contribution in [2.45, 2.75) is 19.8 Å². The standard InChI is InChI=1S/C12H12IN2P/c1-2-3-4-5-10-6-7-12-11(8-10)9-14-15(12)16-13/h6-9,16H,2-3H2,1H3. The highest BCUT2D eigenvalue weighted by Crippen LogP contribution is 2.28. The number of nitrogens with zero attached hydrogens (tertiary/aromatic N) is 2. The fraction of sp³-hybridized carbons (Fsp3) is 0.250. The molecule has 82 valence electrons. The minimum Gasteiger partial charge on any atom is -0.237 e. The van der Waals surface area contributed by atoms with E-state index < -0.39 is 0 Å². The van der Waals surface area contributed by atoms with Gasteiger partial charge in [-0.1, -0.05) is 18.8 Å². The lowest BCUT2D eigenvalue weighted by molar-refractivity contribution is 0.983. The molecular weight excluding hydrogens is 330 g/mol. The van der Waals surface area contributed by atoms with Crippen molar-refractivity contribution < 1.29 is 0 Å². The van der Waals surface area contributed by atoms with Gasteiger partial charge in [0, 0.05) is 17.4 Å². The Hall–Kier alpha value is -0.590. The third-order valence-corrected chi connectivity index (χ3v) is 4.14. The van der Waals surface area contributed by atoms with E-state index in [4.69, 9.17) is 0 Å². The van der Waals surface area contributed by atoms with Crippen molar-refractivity contribution in [3.8, 4) is 11.8 Å². The summed E-state index contributed by atoms with van der Waals surface area (Å²) in [6.07, 6.45) is 4.63. The number of rotatable bonds is 2. The molecule has 0 radical (unpaired) electrons. The van der Waals surface area contributed by atoms with Crippen LogP contribution in [0, 0.1) is 11.8 Å². The van der Waals surface area contributed by atoms with Crippen LogP contribution in [-0.4, -0.2) is 9.55 Å². The molecule has 1 heterocycles. The third-order valence-electron chi connectivity index (χ3n) is 2.26. The number of unbranched alkanes of at least 4 members (excludes halogenated alkanes) is 1.